The molecule has 0 aliphatic heterocycles. The number of carbonyl (C=O) groups is 2. The number of nitrogens with zero attached hydrogens (tertiary/aromatic N) is 1. The van der Waals surface area contributed by atoms with Crippen LogP contribution in [0.2, 0.25) is 0 Å². The molecule has 0 saturated heterocycles. The molecule has 1 amide bonds. The molecule has 1 aromatic rings. The maximum absolute atomic E-state index is 12.0. The Labute approximate surface area is 106 Å². The number of benzene rings is 1. The normalized spacial score (nSPS) is 19.1. The topological polar surface area (TPSA) is 57.6 Å². The minimum atomic E-state index is -1.07. The zero-order valence-electron chi connectivity index (χ0n) is 10.6. The van der Waals surface area contributed by atoms with E-state index < -0.39 is 11.9 Å². The molecule has 0 aromatic heterocycles. The average molecular weight is 247 g/mol. The van der Waals surface area contributed by atoms with Gasteiger partial charge in [0.25, 0.3) is 0 Å². The van der Waals surface area contributed by atoms with Gasteiger partial charge in [0.1, 0.15) is 5.92 Å². The van der Waals surface area contributed by atoms with Crippen molar-refractivity contribution < 1.29 is 14.7 Å². The summed E-state index contributed by atoms with van der Waals surface area (Å²) < 4.78 is 0. The Kier molecular flexibility index (Phi) is 3.36. The van der Waals surface area contributed by atoms with Crippen LogP contribution in [-0.2, 0) is 16.0 Å². The van der Waals surface area contributed by atoms with Crippen LogP contribution in [0.25, 0.3) is 0 Å². The van der Waals surface area contributed by atoms with Crippen LogP contribution in [0.4, 0.5) is 0 Å². The van der Waals surface area contributed by atoms with E-state index in [0.29, 0.717) is 0 Å². The van der Waals surface area contributed by atoms with Crippen LogP contribution in [0.1, 0.15) is 30.5 Å². The predicted octanol–water partition coefficient (Wildman–Crippen LogP) is 1.85. The number of fused-ring (bicyclic) bond motifs is 1. The first-order valence-corrected chi connectivity index (χ1v) is 6.09. The molecule has 18 heavy (non-hydrogen) atoms. The predicted molar refractivity (Wildman–Crippen MR) is 67.1 cm³/mol. The summed E-state index contributed by atoms with van der Waals surface area (Å²) in [5.74, 6) is -2.38. The molecule has 1 aliphatic carbocycles. The van der Waals surface area contributed by atoms with E-state index in [0.717, 1.165) is 18.4 Å². The van der Waals surface area contributed by atoms with E-state index in [-0.39, 0.29) is 11.9 Å². The maximum Gasteiger partial charge on any atom is 0.315 e. The lowest BCUT2D eigenvalue weighted by Crippen LogP contribution is -2.37. The molecule has 0 radical (unpaired) electrons. The second-order valence-electron chi connectivity index (χ2n) is 4.76. The molecule has 0 spiro atoms. The smallest absolute Gasteiger partial charge is 0.315 e. The Morgan fingerprint density at radius 1 is 1.39 bits per heavy atom. The molecule has 0 bridgehead atoms. The molecule has 2 rings (SSSR count). The van der Waals surface area contributed by atoms with Gasteiger partial charge in [-0.2, -0.15) is 0 Å². The van der Waals surface area contributed by atoms with Crippen molar-refractivity contribution in [3.8, 4) is 0 Å². The Morgan fingerprint density at radius 3 is 2.72 bits per heavy atom. The van der Waals surface area contributed by atoms with E-state index in [1.165, 1.54) is 12.5 Å². The van der Waals surface area contributed by atoms with Crippen LogP contribution in [0.5, 0.6) is 0 Å². The number of carboxylic acids is 1. The first-order chi connectivity index (χ1) is 8.52. The third-order valence-corrected chi connectivity index (χ3v) is 3.66. The lowest BCUT2D eigenvalue weighted by Gasteiger charge is -2.27. The minimum Gasteiger partial charge on any atom is -0.481 e. The molecule has 0 heterocycles. The first-order valence-electron chi connectivity index (χ1n) is 6.09. The molecule has 2 atom stereocenters. The van der Waals surface area contributed by atoms with Crippen molar-refractivity contribution in [3.63, 3.8) is 0 Å². The highest BCUT2D eigenvalue weighted by Gasteiger charge is 2.32. The molecule has 1 N–H and O–H groups in total. The zero-order chi connectivity index (χ0) is 13.3. The van der Waals surface area contributed by atoms with Crippen molar-refractivity contribution in [2.75, 3.05) is 7.05 Å². The third kappa shape index (κ3) is 2.10. The molecule has 0 saturated carbocycles. The number of carbonyl (C=O) groups excluding carboxylic acids is 1. The fraction of sp³-hybridized carbons (Fsp3) is 0.429. The molecular formula is C14H17NO3. The van der Waals surface area contributed by atoms with E-state index in [1.54, 1.807) is 11.9 Å². The second-order valence-corrected chi connectivity index (χ2v) is 4.76. The van der Waals surface area contributed by atoms with Gasteiger partial charge in [-0.1, -0.05) is 24.3 Å². The summed E-state index contributed by atoms with van der Waals surface area (Å²) in [5.41, 5.74) is 2.40. The molecule has 2 unspecified atom stereocenters. The van der Waals surface area contributed by atoms with Crippen LogP contribution in [0.3, 0.4) is 0 Å². The van der Waals surface area contributed by atoms with Crippen molar-refractivity contribution in [2.24, 2.45) is 5.92 Å². The largest absolute Gasteiger partial charge is 0.481 e. The van der Waals surface area contributed by atoms with E-state index in [4.69, 9.17) is 5.11 Å². The first kappa shape index (κ1) is 12.6. The van der Waals surface area contributed by atoms with Gasteiger partial charge in [-0.3, -0.25) is 9.59 Å². The molecule has 1 aromatic carbocycles. The van der Waals surface area contributed by atoms with Crippen LogP contribution >= 0.6 is 0 Å². The molecule has 4 nitrogen and oxygen atoms in total. The van der Waals surface area contributed by atoms with Crippen molar-refractivity contribution in [3.05, 3.63) is 35.4 Å². The summed E-state index contributed by atoms with van der Waals surface area (Å²) in [6.45, 7) is 1.43. The van der Waals surface area contributed by atoms with Gasteiger partial charge < -0.3 is 10.0 Å². The van der Waals surface area contributed by atoms with E-state index >= 15 is 0 Å². The zero-order valence-corrected chi connectivity index (χ0v) is 10.6. The average Bonchev–Trinajstić information content (AvgIpc) is 2.79. The van der Waals surface area contributed by atoms with Gasteiger partial charge in [-0.25, -0.2) is 0 Å². The summed E-state index contributed by atoms with van der Waals surface area (Å²) in [5, 5.41) is 8.89. The highest BCUT2D eigenvalue weighted by molar-refractivity contribution is 5.96. The van der Waals surface area contributed by atoms with Gasteiger partial charge >= 0.3 is 5.97 Å². The quantitative estimate of drug-likeness (QED) is 0.829. The number of carboxylic acid groups (broad SMARTS) is 1. The highest BCUT2D eigenvalue weighted by Crippen LogP contribution is 2.35. The standard InChI is InChI=1S/C14H17NO3/c1-9(14(17)18)13(16)15(2)12-8-7-10-5-3-4-6-11(10)12/h3-6,9,12H,7-8H2,1-2H3,(H,17,18). The Hall–Kier alpha value is -1.84. The Bertz CT molecular complexity index is 484. The Balaban J connectivity index is 2.19. The number of hydrogen-bond acceptors (Lipinski definition) is 2. The second kappa shape index (κ2) is 4.80. The van der Waals surface area contributed by atoms with Crippen molar-refractivity contribution >= 4 is 11.9 Å². The number of amides is 1. The number of rotatable bonds is 3. The summed E-state index contributed by atoms with van der Waals surface area (Å²) in [6, 6.07) is 8.03. The monoisotopic (exact) mass is 247 g/mol. The van der Waals surface area contributed by atoms with Crippen molar-refractivity contribution in [1.82, 2.24) is 4.90 Å². The summed E-state index contributed by atoms with van der Waals surface area (Å²) in [6.07, 6.45) is 1.81. The van der Waals surface area contributed by atoms with Crippen molar-refractivity contribution in [1.29, 1.82) is 0 Å². The Morgan fingerprint density at radius 2 is 2.06 bits per heavy atom. The number of aryl methyl sites for hydroxylation is 1. The molecule has 1 aliphatic rings. The molecule has 0 fully saturated rings. The number of aliphatic carboxylic acids is 1. The van der Waals surface area contributed by atoms with Crippen LogP contribution in [0, 0.1) is 5.92 Å². The fourth-order valence-corrected chi connectivity index (χ4v) is 2.50. The summed E-state index contributed by atoms with van der Waals surface area (Å²) in [7, 11) is 1.69. The van der Waals surface area contributed by atoms with Gasteiger partial charge in [0.2, 0.25) is 5.91 Å². The van der Waals surface area contributed by atoms with E-state index in [9.17, 15) is 9.59 Å². The summed E-state index contributed by atoms with van der Waals surface area (Å²) in [4.78, 5) is 24.5. The van der Waals surface area contributed by atoms with Crippen LogP contribution in [0.15, 0.2) is 24.3 Å². The van der Waals surface area contributed by atoms with Gasteiger partial charge in [0.05, 0.1) is 6.04 Å². The lowest BCUT2D eigenvalue weighted by molar-refractivity contribution is -0.150. The van der Waals surface area contributed by atoms with Gasteiger partial charge in [0, 0.05) is 7.05 Å². The van der Waals surface area contributed by atoms with Crippen molar-refractivity contribution in [2.45, 2.75) is 25.8 Å². The third-order valence-electron chi connectivity index (χ3n) is 3.66. The van der Waals surface area contributed by atoms with Gasteiger partial charge in [-0.15, -0.1) is 0 Å². The highest BCUT2D eigenvalue weighted by atomic mass is 16.4. The molecule has 96 valence electrons. The lowest BCUT2D eigenvalue weighted by atomic mass is 10.1. The molecular weight excluding hydrogens is 230 g/mol. The number of hydrogen-bond donors (Lipinski definition) is 1. The van der Waals surface area contributed by atoms with Crippen LogP contribution < -0.4 is 0 Å². The SMILES string of the molecule is CC(C(=O)O)C(=O)N(C)C1CCc2ccccc21. The minimum absolute atomic E-state index is 0.00972. The molecule has 4 heteroatoms. The van der Waals surface area contributed by atoms with Gasteiger partial charge in [0.15, 0.2) is 0 Å². The van der Waals surface area contributed by atoms with E-state index in [1.807, 2.05) is 18.2 Å². The van der Waals surface area contributed by atoms with Gasteiger partial charge in [-0.05, 0) is 30.9 Å². The summed E-state index contributed by atoms with van der Waals surface area (Å²) >= 11 is 0. The van der Waals surface area contributed by atoms with E-state index in [2.05, 4.69) is 6.07 Å². The maximum atomic E-state index is 12.0. The van der Waals surface area contributed by atoms with Crippen LogP contribution in [-0.4, -0.2) is 28.9 Å². The fourth-order valence-electron chi connectivity index (χ4n) is 2.50.